The third-order valence-electron chi connectivity index (χ3n) is 1.83. The third-order valence-corrected chi connectivity index (χ3v) is 1.83. The van der Waals surface area contributed by atoms with Crippen molar-refractivity contribution in [2.45, 2.75) is 13.1 Å². The van der Waals surface area contributed by atoms with Gasteiger partial charge in [-0.15, -0.1) is 0 Å². The molecule has 90 valence electrons. The Morgan fingerprint density at radius 1 is 1.38 bits per heavy atom. The summed E-state index contributed by atoms with van der Waals surface area (Å²) in [4.78, 5) is 27.1. The first-order valence-corrected chi connectivity index (χ1v) is 4.32. The van der Waals surface area contributed by atoms with Gasteiger partial charge in [0.1, 0.15) is 12.3 Å². The van der Waals surface area contributed by atoms with E-state index in [0.717, 1.165) is 7.05 Å². The summed E-state index contributed by atoms with van der Waals surface area (Å²) in [5.74, 6) is 0. The first-order valence-electron chi connectivity index (χ1n) is 4.32. The lowest BCUT2D eigenvalue weighted by Crippen LogP contribution is -2.44. The van der Waals surface area contributed by atoms with Gasteiger partial charge in [-0.2, -0.15) is 13.2 Å². The normalized spacial score (nSPS) is 11.6. The van der Waals surface area contributed by atoms with Gasteiger partial charge < -0.3 is 4.84 Å². The van der Waals surface area contributed by atoms with Crippen LogP contribution in [0.15, 0.2) is 15.7 Å². The van der Waals surface area contributed by atoms with Crippen molar-refractivity contribution in [2.24, 2.45) is 7.05 Å². The Morgan fingerprint density at radius 3 is 2.38 bits per heavy atom. The summed E-state index contributed by atoms with van der Waals surface area (Å²) >= 11 is 0. The van der Waals surface area contributed by atoms with Crippen molar-refractivity contribution in [3.63, 3.8) is 0 Å². The van der Waals surface area contributed by atoms with Crippen LogP contribution in [-0.2, 0) is 13.2 Å². The Bertz CT molecular complexity index is 501. The fourth-order valence-electron chi connectivity index (χ4n) is 1.13. The first kappa shape index (κ1) is 12.3. The zero-order chi connectivity index (χ0) is 12.5. The Balaban J connectivity index is 3.53. The maximum Gasteiger partial charge on any atom is 0.431 e. The molecule has 0 fully saturated rings. The molecule has 0 aliphatic heterocycles. The van der Waals surface area contributed by atoms with Crippen LogP contribution in [-0.4, -0.2) is 15.9 Å². The van der Waals surface area contributed by atoms with E-state index in [0.29, 0.717) is 10.6 Å². The van der Waals surface area contributed by atoms with Gasteiger partial charge in [-0.25, -0.2) is 4.79 Å². The Hall–Kier alpha value is -1.73. The quantitative estimate of drug-likeness (QED) is 0.729. The van der Waals surface area contributed by atoms with Gasteiger partial charge in [0.05, 0.1) is 0 Å². The lowest BCUT2D eigenvalue weighted by molar-refractivity contribution is -0.144. The predicted octanol–water partition coefficient (Wildman–Crippen LogP) is 0.0143. The minimum Gasteiger partial charge on any atom is -0.406 e. The maximum absolute atomic E-state index is 12.4. The third kappa shape index (κ3) is 2.10. The highest BCUT2D eigenvalue weighted by molar-refractivity contribution is 5.05. The molecule has 0 atom stereocenters. The van der Waals surface area contributed by atoms with Gasteiger partial charge in [0.2, 0.25) is 0 Å². The van der Waals surface area contributed by atoms with E-state index in [1.54, 1.807) is 0 Å². The number of halogens is 3. The van der Waals surface area contributed by atoms with Gasteiger partial charge in [0, 0.05) is 13.1 Å². The zero-order valence-electron chi connectivity index (χ0n) is 8.54. The highest BCUT2D eigenvalue weighted by Gasteiger charge is 2.35. The number of hydrogen-bond acceptors (Lipinski definition) is 3. The van der Waals surface area contributed by atoms with Crippen LogP contribution in [0.4, 0.5) is 13.2 Å². The average molecular weight is 238 g/mol. The summed E-state index contributed by atoms with van der Waals surface area (Å²) < 4.78 is 37.7. The molecule has 8 heteroatoms. The average Bonchev–Trinajstić information content (AvgIpc) is 2.16. The molecule has 0 spiro atoms. The van der Waals surface area contributed by atoms with Crippen LogP contribution in [0, 0.1) is 0 Å². The monoisotopic (exact) mass is 238 g/mol. The van der Waals surface area contributed by atoms with Gasteiger partial charge in [-0.3, -0.25) is 9.36 Å². The highest BCUT2D eigenvalue weighted by atomic mass is 19.4. The van der Waals surface area contributed by atoms with E-state index in [2.05, 4.69) is 4.84 Å². The second-order valence-electron chi connectivity index (χ2n) is 2.92. The fourth-order valence-corrected chi connectivity index (χ4v) is 1.13. The molecule has 0 saturated heterocycles. The topological polar surface area (TPSA) is 53.2 Å². The molecular formula is C8H9F3N2O3. The van der Waals surface area contributed by atoms with Gasteiger partial charge in [0.25, 0.3) is 5.56 Å². The van der Waals surface area contributed by atoms with Crippen molar-refractivity contribution >= 4 is 0 Å². The summed E-state index contributed by atoms with van der Waals surface area (Å²) in [5, 5.41) is 0. The van der Waals surface area contributed by atoms with Gasteiger partial charge in [-0.05, 0) is 6.92 Å². The van der Waals surface area contributed by atoms with Crippen LogP contribution in [0.1, 0.15) is 12.6 Å². The lowest BCUT2D eigenvalue weighted by Gasteiger charge is -2.13. The smallest absolute Gasteiger partial charge is 0.406 e. The molecule has 0 radical (unpaired) electrons. The van der Waals surface area contributed by atoms with Crippen molar-refractivity contribution in [1.29, 1.82) is 0 Å². The Labute approximate surface area is 87.6 Å². The van der Waals surface area contributed by atoms with Crippen LogP contribution in [0.3, 0.4) is 0 Å². The van der Waals surface area contributed by atoms with E-state index >= 15 is 0 Å². The predicted molar refractivity (Wildman–Crippen MR) is 48.1 cm³/mol. The molecule has 1 heterocycles. The minimum atomic E-state index is -4.75. The second-order valence-corrected chi connectivity index (χ2v) is 2.92. The Kier molecular flexibility index (Phi) is 3.11. The molecule has 1 rings (SSSR count). The summed E-state index contributed by atoms with van der Waals surface area (Å²) in [5.41, 5.74) is -3.61. The van der Waals surface area contributed by atoms with Crippen molar-refractivity contribution < 1.29 is 18.0 Å². The zero-order valence-corrected chi connectivity index (χ0v) is 8.54. The van der Waals surface area contributed by atoms with Gasteiger partial charge >= 0.3 is 11.9 Å². The molecule has 0 bridgehead atoms. The van der Waals surface area contributed by atoms with Crippen LogP contribution in [0.2, 0.25) is 0 Å². The highest BCUT2D eigenvalue weighted by Crippen LogP contribution is 2.26. The van der Waals surface area contributed by atoms with Crippen LogP contribution < -0.4 is 16.1 Å². The van der Waals surface area contributed by atoms with Gasteiger partial charge in [-0.1, -0.05) is 4.73 Å². The standard InChI is InChI=1S/C8H9F3N2O3/c1-3-16-13-6(14)4-5(8(9,10)11)12(2)7(13)15/h4H,3H2,1-2H3. The van der Waals surface area contributed by atoms with E-state index < -0.39 is 23.1 Å². The van der Waals surface area contributed by atoms with Crippen molar-refractivity contribution in [3.05, 3.63) is 32.6 Å². The van der Waals surface area contributed by atoms with Crippen LogP contribution >= 0.6 is 0 Å². The fraction of sp³-hybridized carbons (Fsp3) is 0.500. The lowest BCUT2D eigenvalue weighted by atomic mass is 10.4. The summed E-state index contributed by atoms with van der Waals surface area (Å²) in [6.45, 7) is 1.50. The van der Waals surface area contributed by atoms with E-state index in [-0.39, 0.29) is 11.3 Å². The summed E-state index contributed by atoms with van der Waals surface area (Å²) in [7, 11) is 0.917. The summed E-state index contributed by atoms with van der Waals surface area (Å²) in [6, 6.07) is 0.317. The molecule has 1 aromatic heterocycles. The first-order chi connectivity index (χ1) is 7.29. The van der Waals surface area contributed by atoms with Crippen molar-refractivity contribution in [3.8, 4) is 0 Å². The number of aromatic nitrogens is 2. The van der Waals surface area contributed by atoms with E-state index in [1.165, 1.54) is 6.92 Å². The number of hydrogen-bond donors (Lipinski definition) is 0. The molecule has 0 aliphatic rings. The summed E-state index contributed by atoms with van der Waals surface area (Å²) in [6.07, 6.45) is -4.75. The largest absolute Gasteiger partial charge is 0.431 e. The molecule has 0 unspecified atom stereocenters. The van der Waals surface area contributed by atoms with E-state index in [9.17, 15) is 22.8 Å². The molecular weight excluding hydrogens is 229 g/mol. The SMILES string of the molecule is CCOn1c(=O)cc(C(F)(F)F)n(C)c1=O. The van der Waals surface area contributed by atoms with E-state index in [4.69, 9.17) is 0 Å². The van der Waals surface area contributed by atoms with Crippen molar-refractivity contribution in [2.75, 3.05) is 6.61 Å². The van der Waals surface area contributed by atoms with Gasteiger partial charge in [0.15, 0.2) is 0 Å². The van der Waals surface area contributed by atoms with Crippen LogP contribution in [0.5, 0.6) is 0 Å². The Morgan fingerprint density at radius 2 is 1.94 bits per heavy atom. The molecule has 0 aromatic carbocycles. The van der Waals surface area contributed by atoms with Crippen LogP contribution in [0.25, 0.3) is 0 Å². The molecule has 0 amide bonds. The molecule has 1 aromatic rings. The van der Waals surface area contributed by atoms with E-state index in [1.807, 2.05) is 0 Å². The minimum absolute atomic E-state index is 0.000507. The molecule has 5 nitrogen and oxygen atoms in total. The van der Waals surface area contributed by atoms with Crippen molar-refractivity contribution in [1.82, 2.24) is 9.30 Å². The molecule has 0 N–H and O–H groups in total. The number of rotatable bonds is 2. The molecule has 0 saturated carbocycles. The maximum atomic E-state index is 12.4. The molecule has 0 aliphatic carbocycles. The second kappa shape index (κ2) is 4.03. The number of nitrogens with zero attached hydrogens (tertiary/aromatic N) is 2. The number of alkyl halides is 3. The molecule has 16 heavy (non-hydrogen) atoms.